The van der Waals surface area contributed by atoms with E-state index in [1.165, 1.54) is 0 Å². The number of fused-ring (bicyclic) bond motifs is 1. The number of thiazole rings is 1. The molecule has 1 N–H and O–H groups in total. The molecule has 16 heavy (non-hydrogen) atoms. The molecule has 0 amide bonds. The molecule has 0 saturated heterocycles. The maximum absolute atomic E-state index is 5.39. The zero-order chi connectivity index (χ0) is 11.7. The van der Waals surface area contributed by atoms with E-state index in [0.717, 1.165) is 26.6 Å². The highest BCUT2D eigenvalue weighted by molar-refractivity contribution is 7.18. The molecule has 0 aliphatic rings. The summed E-state index contributed by atoms with van der Waals surface area (Å²) in [7, 11) is 3.59. The van der Waals surface area contributed by atoms with E-state index in [1.807, 2.05) is 27.1 Å². The molecule has 2 aromatic rings. The van der Waals surface area contributed by atoms with Gasteiger partial charge in [0.05, 0.1) is 23.0 Å². The lowest BCUT2D eigenvalue weighted by Crippen LogP contribution is -2.03. The van der Waals surface area contributed by atoms with Crippen LogP contribution in [-0.2, 0) is 4.74 Å². The summed E-state index contributed by atoms with van der Waals surface area (Å²) in [6, 6.07) is 0. The van der Waals surface area contributed by atoms with Crippen LogP contribution < -0.4 is 5.32 Å². The molecule has 86 valence electrons. The SMILES string of the molecule is CNc1cnc2sc(C)nc2c1[C@@H](C)OC. The first kappa shape index (κ1) is 11.3. The van der Waals surface area contributed by atoms with Crippen LogP contribution in [-0.4, -0.2) is 24.1 Å². The molecule has 0 radical (unpaired) electrons. The molecule has 4 nitrogen and oxygen atoms in total. The minimum absolute atomic E-state index is 0.00875. The van der Waals surface area contributed by atoms with Gasteiger partial charge in [0.1, 0.15) is 10.3 Å². The molecule has 0 unspecified atom stereocenters. The number of rotatable bonds is 3. The number of aryl methyl sites for hydroxylation is 1. The van der Waals surface area contributed by atoms with Crippen molar-refractivity contribution in [2.24, 2.45) is 0 Å². The third-order valence-corrected chi connectivity index (χ3v) is 3.48. The number of nitrogens with one attached hydrogen (secondary N) is 1. The van der Waals surface area contributed by atoms with Gasteiger partial charge in [-0.3, -0.25) is 0 Å². The minimum Gasteiger partial charge on any atom is -0.387 e. The second-order valence-corrected chi connectivity index (χ2v) is 4.78. The molecular weight excluding hydrogens is 222 g/mol. The van der Waals surface area contributed by atoms with Crippen LogP contribution in [0.25, 0.3) is 10.3 Å². The normalized spacial score (nSPS) is 13.0. The summed E-state index contributed by atoms with van der Waals surface area (Å²) >= 11 is 1.61. The van der Waals surface area contributed by atoms with E-state index in [0.29, 0.717) is 0 Å². The highest BCUT2D eigenvalue weighted by Crippen LogP contribution is 2.33. The first-order valence-electron chi connectivity index (χ1n) is 5.14. The quantitative estimate of drug-likeness (QED) is 0.891. The van der Waals surface area contributed by atoms with E-state index in [-0.39, 0.29) is 6.10 Å². The molecule has 0 aliphatic carbocycles. The Balaban J connectivity index is 2.72. The number of methoxy groups -OCH3 is 1. The average Bonchev–Trinajstić information content (AvgIpc) is 2.66. The van der Waals surface area contributed by atoms with Crippen molar-refractivity contribution in [3.05, 3.63) is 16.8 Å². The van der Waals surface area contributed by atoms with Gasteiger partial charge in [0.25, 0.3) is 0 Å². The minimum atomic E-state index is 0.00875. The van der Waals surface area contributed by atoms with Crippen molar-refractivity contribution in [3.8, 4) is 0 Å². The largest absolute Gasteiger partial charge is 0.387 e. The molecule has 2 rings (SSSR count). The summed E-state index contributed by atoms with van der Waals surface area (Å²) in [5.41, 5.74) is 3.01. The van der Waals surface area contributed by atoms with Crippen LogP contribution in [0.15, 0.2) is 6.20 Å². The van der Waals surface area contributed by atoms with Crippen molar-refractivity contribution in [1.82, 2.24) is 9.97 Å². The van der Waals surface area contributed by atoms with Crippen LogP contribution in [0.2, 0.25) is 0 Å². The van der Waals surface area contributed by atoms with Gasteiger partial charge in [-0.05, 0) is 13.8 Å². The Hall–Kier alpha value is -1.20. The molecule has 5 heteroatoms. The van der Waals surface area contributed by atoms with Crippen LogP contribution >= 0.6 is 11.3 Å². The van der Waals surface area contributed by atoms with Crippen molar-refractivity contribution >= 4 is 27.4 Å². The van der Waals surface area contributed by atoms with E-state index >= 15 is 0 Å². The summed E-state index contributed by atoms with van der Waals surface area (Å²) in [6.07, 6.45) is 1.85. The van der Waals surface area contributed by atoms with E-state index in [4.69, 9.17) is 4.74 Å². The summed E-state index contributed by atoms with van der Waals surface area (Å²) in [6.45, 7) is 4.01. The van der Waals surface area contributed by atoms with Crippen molar-refractivity contribution in [2.45, 2.75) is 20.0 Å². The Labute approximate surface area is 98.7 Å². The smallest absolute Gasteiger partial charge is 0.143 e. The Bertz CT molecular complexity index is 509. The van der Waals surface area contributed by atoms with Crippen LogP contribution in [0.4, 0.5) is 5.69 Å². The first-order valence-corrected chi connectivity index (χ1v) is 5.95. The molecule has 0 aromatic carbocycles. The maximum Gasteiger partial charge on any atom is 0.143 e. The molecule has 0 bridgehead atoms. The van der Waals surface area contributed by atoms with Crippen molar-refractivity contribution in [2.75, 3.05) is 19.5 Å². The summed E-state index contributed by atoms with van der Waals surface area (Å²) < 4.78 is 5.39. The van der Waals surface area contributed by atoms with Crippen molar-refractivity contribution in [3.63, 3.8) is 0 Å². The number of nitrogens with zero attached hydrogens (tertiary/aromatic N) is 2. The standard InChI is InChI=1S/C11H15N3OS/c1-6(15-4)9-8(12-3)5-13-11-10(9)14-7(2)16-11/h5-6,12H,1-4H3/t6-/m1/s1. The van der Waals surface area contributed by atoms with Crippen LogP contribution in [0, 0.1) is 6.92 Å². The maximum atomic E-state index is 5.39. The molecule has 0 spiro atoms. The predicted molar refractivity (Wildman–Crippen MR) is 67.1 cm³/mol. The summed E-state index contributed by atoms with van der Waals surface area (Å²) in [5, 5.41) is 4.16. The fourth-order valence-electron chi connectivity index (χ4n) is 1.73. The van der Waals surface area contributed by atoms with Gasteiger partial charge in [-0.25, -0.2) is 9.97 Å². The van der Waals surface area contributed by atoms with Gasteiger partial charge < -0.3 is 10.1 Å². The van der Waals surface area contributed by atoms with Gasteiger partial charge >= 0.3 is 0 Å². The third-order valence-electron chi connectivity index (χ3n) is 2.60. The average molecular weight is 237 g/mol. The monoisotopic (exact) mass is 237 g/mol. The summed E-state index contributed by atoms with van der Waals surface area (Å²) in [5.74, 6) is 0. The Morgan fingerprint density at radius 1 is 1.50 bits per heavy atom. The van der Waals surface area contributed by atoms with E-state index < -0.39 is 0 Å². The number of anilines is 1. The highest BCUT2D eigenvalue weighted by Gasteiger charge is 2.17. The van der Waals surface area contributed by atoms with Gasteiger partial charge in [-0.15, -0.1) is 0 Å². The van der Waals surface area contributed by atoms with E-state index in [1.54, 1.807) is 18.4 Å². The van der Waals surface area contributed by atoms with Crippen LogP contribution in [0.5, 0.6) is 0 Å². The molecule has 2 aromatic heterocycles. The van der Waals surface area contributed by atoms with Gasteiger partial charge in [0.2, 0.25) is 0 Å². The fourth-order valence-corrected chi connectivity index (χ4v) is 2.50. The van der Waals surface area contributed by atoms with Crippen molar-refractivity contribution < 1.29 is 4.74 Å². The third kappa shape index (κ3) is 1.76. The van der Waals surface area contributed by atoms with E-state index in [2.05, 4.69) is 15.3 Å². The second kappa shape index (κ2) is 4.35. The lowest BCUT2D eigenvalue weighted by atomic mass is 10.1. The first-order chi connectivity index (χ1) is 7.67. The Morgan fingerprint density at radius 2 is 2.25 bits per heavy atom. The van der Waals surface area contributed by atoms with Gasteiger partial charge in [-0.2, -0.15) is 0 Å². The highest BCUT2D eigenvalue weighted by atomic mass is 32.1. The fraction of sp³-hybridized carbons (Fsp3) is 0.455. The van der Waals surface area contributed by atoms with Crippen LogP contribution in [0.3, 0.4) is 0 Å². The lowest BCUT2D eigenvalue weighted by Gasteiger charge is -2.14. The zero-order valence-electron chi connectivity index (χ0n) is 9.87. The Kier molecular flexibility index (Phi) is 3.07. The van der Waals surface area contributed by atoms with Gasteiger partial charge in [0, 0.05) is 19.7 Å². The predicted octanol–water partition coefficient (Wildman–Crippen LogP) is 2.75. The Morgan fingerprint density at radius 3 is 2.88 bits per heavy atom. The molecule has 0 aliphatic heterocycles. The summed E-state index contributed by atoms with van der Waals surface area (Å²) in [4.78, 5) is 9.88. The number of hydrogen-bond donors (Lipinski definition) is 1. The second-order valence-electron chi connectivity index (χ2n) is 3.60. The molecule has 1 atom stereocenters. The number of aromatic nitrogens is 2. The van der Waals surface area contributed by atoms with Crippen molar-refractivity contribution in [1.29, 1.82) is 0 Å². The van der Waals surface area contributed by atoms with E-state index in [9.17, 15) is 0 Å². The van der Waals surface area contributed by atoms with Crippen LogP contribution in [0.1, 0.15) is 23.6 Å². The number of hydrogen-bond acceptors (Lipinski definition) is 5. The topological polar surface area (TPSA) is 47.0 Å². The molecule has 0 fully saturated rings. The molecular formula is C11H15N3OS. The number of ether oxygens (including phenoxy) is 1. The molecule has 2 heterocycles. The van der Waals surface area contributed by atoms with Gasteiger partial charge in [0.15, 0.2) is 0 Å². The number of pyridine rings is 1. The molecule has 0 saturated carbocycles. The van der Waals surface area contributed by atoms with Gasteiger partial charge in [-0.1, -0.05) is 11.3 Å². The lowest BCUT2D eigenvalue weighted by molar-refractivity contribution is 0.121. The zero-order valence-corrected chi connectivity index (χ0v) is 10.7.